The Kier molecular flexibility index (Phi) is 5.85. The number of aliphatic hydroxyl groups is 1. The monoisotopic (exact) mass is 283 g/mol. The molecule has 2 aliphatic rings. The predicted molar refractivity (Wildman–Crippen MR) is 78.4 cm³/mol. The van der Waals surface area contributed by atoms with Crippen molar-refractivity contribution < 1.29 is 14.6 Å². The van der Waals surface area contributed by atoms with Gasteiger partial charge in [-0.3, -0.25) is 4.79 Å². The second kappa shape index (κ2) is 7.41. The van der Waals surface area contributed by atoms with Crippen LogP contribution in [-0.2, 0) is 9.53 Å². The molecule has 2 atom stereocenters. The first-order valence-electron chi connectivity index (χ1n) is 8.19. The Balaban J connectivity index is 1.78. The van der Waals surface area contributed by atoms with E-state index in [0.29, 0.717) is 18.4 Å². The number of hydrogen-bond acceptors (Lipinski definition) is 3. The Morgan fingerprint density at radius 2 is 2.15 bits per heavy atom. The number of carbonyl (C=O) groups excluding carboxylic acids is 1. The van der Waals surface area contributed by atoms with Crippen molar-refractivity contribution in [2.75, 3.05) is 13.2 Å². The summed E-state index contributed by atoms with van der Waals surface area (Å²) in [5.41, 5.74) is 0. The van der Waals surface area contributed by atoms with E-state index in [1.54, 1.807) is 0 Å². The Morgan fingerprint density at radius 3 is 2.80 bits per heavy atom. The number of carbonyl (C=O) groups is 1. The smallest absolute Gasteiger partial charge is 0.223 e. The molecule has 2 unspecified atom stereocenters. The van der Waals surface area contributed by atoms with Crippen molar-refractivity contribution in [1.82, 2.24) is 4.90 Å². The van der Waals surface area contributed by atoms with E-state index in [1.807, 2.05) is 18.7 Å². The number of ether oxygens (including phenoxy) is 1. The van der Waals surface area contributed by atoms with Gasteiger partial charge in [-0.15, -0.1) is 0 Å². The lowest BCUT2D eigenvalue weighted by atomic mass is 9.79. The molecule has 1 saturated carbocycles. The zero-order valence-corrected chi connectivity index (χ0v) is 12.9. The molecule has 4 heteroatoms. The number of hydrogen-bond donors (Lipinski definition) is 1. The zero-order chi connectivity index (χ0) is 14.5. The van der Waals surface area contributed by atoms with Crippen LogP contribution < -0.4 is 0 Å². The molecule has 1 aliphatic heterocycles. The fourth-order valence-corrected chi connectivity index (χ4v) is 3.54. The highest BCUT2D eigenvalue weighted by atomic mass is 16.5. The third kappa shape index (κ3) is 4.19. The van der Waals surface area contributed by atoms with Gasteiger partial charge in [0, 0.05) is 25.6 Å². The van der Waals surface area contributed by atoms with Crippen molar-refractivity contribution in [3.63, 3.8) is 0 Å². The molecule has 0 aromatic rings. The fourth-order valence-electron chi connectivity index (χ4n) is 3.54. The highest BCUT2D eigenvalue weighted by molar-refractivity contribution is 5.77. The predicted octanol–water partition coefficient (Wildman–Crippen LogP) is 2.34. The van der Waals surface area contributed by atoms with E-state index in [1.165, 1.54) is 6.42 Å². The van der Waals surface area contributed by atoms with Crippen LogP contribution in [-0.4, -0.2) is 47.3 Å². The van der Waals surface area contributed by atoms with Crippen molar-refractivity contribution in [3.05, 3.63) is 0 Å². The van der Waals surface area contributed by atoms with Gasteiger partial charge < -0.3 is 14.7 Å². The van der Waals surface area contributed by atoms with Gasteiger partial charge >= 0.3 is 0 Å². The van der Waals surface area contributed by atoms with Crippen LogP contribution in [0, 0.1) is 5.92 Å². The highest BCUT2D eigenvalue weighted by Crippen LogP contribution is 2.34. The van der Waals surface area contributed by atoms with Crippen LogP contribution in [0.25, 0.3) is 0 Å². The van der Waals surface area contributed by atoms with Crippen LogP contribution in [0.4, 0.5) is 0 Å². The van der Waals surface area contributed by atoms with Crippen molar-refractivity contribution >= 4 is 5.91 Å². The quantitative estimate of drug-likeness (QED) is 0.814. The summed E-state index contributed by atoms with van der Waals surface area (Å²) in [5, 5.41) is 9.58. The van der Waals surface area contributed by atoms with Gasteiger partial charge in [0.1, 0.15) is 0 Å². The molecule has 2 rings (SSSR count). The maximum atomic E-state index is 12.5. The first-order chi connectivity index (χ1) is 9.60. The minimum atomic E-state index is -0.320. The van der Waals surface area contributed by atoms with E-state index >= 15 is 0 Å². The summed E-state index contributed by atoms with van der Waals surface area (Å²) in [5.74, 6) is 0.795. The third-order valence-electron chi connectivity index (χ3n) is 4.62. The molecule has 1 amide bonds. The molecule has 0 spiro atoms. The largest absolute Gasteiger partial charge is 0.393 e. The van der Waals surface area contributed by atoms with E-state index in [9.17, 15) is 9.90 Å². The topological polar surface area (TPSA) is 49.8 Å². The van der Waals surface area contributed by atoms with Crippen molar-refractivity contribution in [1.29, 1.82) is 0 Å². The van der Waals surface area contributed by atoms with E-state index in [-0.39, 0.29) is 18.1 Å². The van der Waals surface area contributed by atoms with Gasteiger partial charge in [0.25, 0.3) is 0 Å². The summed E-state index contributed by atoms with van der Waals surface area (Å²) in [6, 6.07) is 0.249. The Bertz CT molecular complexity index is 313. The van der Waals surface area contributed by atoms with Gasteiger partial charge in [0.2, 0.25) is 5.91 Å². The summed E-state index contributed by atoms with van der Waals surface area (Å²) in [6.45, 7) is 5.48. The second-order valence-electron chi connectivity index (χ2n) is 6.44. The number of rotatable bonds is 6. The minimum absolute atomic E-state index is 0.249. The Labute approximate surface area is 122 Å². The number of likely N-dealkylation sites (tertiary alicyclic amines) is 1. The van der Waals surface area contributed by atoms with Gasteiger partial charge in [-0.1, -0.05) is 0 Å². The SMILES string of the molecule is CCOC1CC(CC(=O)N2CCCCC2CC(C)O)C1. The molecule has 0 bridgehead atoms. The summed E-state index contributed by atoms with van der Waals surface area (Å²) in [4.78, 5) is 14.5. The summed E-state index contributed by atoms with van der Waals surface area (Å²) >= 11 is 0. The third-order valence-corrected chi connectivity index (χ3v) is 4.62. The first kappa shape index (κ1) is 15.8. The maximum absolute atomic E-state index is 12.5. The minimum Gasteiger partial charge on any atom is -0.393 e. The van der Waals surface area contributed by atoms with Crippen molar-refractivity contribution in [3.8, 4) is 0 Å². The summed E-state index contributed by atoms with van der Waals surface area (Å²) in [7, 11) is 0. The molecule has 20 heavy (non-hydrogen) atoms. The number of amides is 1. The standard InChI is InChI=1S/C16H29NO3/c1-3-20-15-9-13(10-15)11-16(19)17-7-5-4-6-14(17)8-12(2)18/h12-15,18H,3-11H2,1-2H3. The average Bonchev–Trinajstić information content (AvgIpc) is 2.36. The van der Waals surface area contributed by atoms with Crippen LogP contribution >= 0.6 is 0 Å². The average molecular weight is 283 g/mol. The van der Waals surface area contributed by atoms with E-state index < -0.39 is 0 Å². The highest BCUT2D eigenvalue weighted by Gasteiger charge is 2.34. The molecule has 2 fully saturated rings. The van der Waals surface area contributed by atoms with Gasteiger partial charge in [-0.25, -0.2) is 0 Å². The maximum Gasteiger partial charge on any atom is 0.223 e. The lowest BCUT2D eigenvalue weighted by molar-refractivity contribution is -0.138. The molecule has 0 aromatic heterocycles. The first-order valence-corrected chi connectivity index (χ1v) is 8.19. The molecule has 1 aliphatic carbocycles. The van der Waals surface area contributed by atoms with Gasteiger partial charge in [0.05, 0.1) is 12.2 Å². The van der Waals surface area contributed by atoms with Gasteiger partial charge in [-0.2, -0.15) is 0 Å². The molecule has 116 valence electrons. The van der Waals surface area contributed by atoms with Crippen molar-refractivity contribution in [2.24, 2.45) is 5.92 Å². The zero-order valence-electron chi connectivity index (χ0n) is 12.9. The molecule has 0 radical (unpaired) electrons. The van der Waals surface area contributed by atoms with E-state index in [0.717, 1.165) is 45.3 Å². The van der Waals surface area contributed by atoms with E-state index in [2.05, 4.69) is 0 Å². The molecular weight excluding hydrogens is 254 g/mol. The van der Waals surface area contributed by atoms with Crippen LogP contribution in [0.15, 0.2) is 0 Å². The molecule has 1 saturated heterocycles. The van der Waals surface area contributed by atoms with Crippen LogP contribution in [0.1, 0.15) is 58.8 Å². The van der Waals surface area contributed by atoms with Gasteiger partial charge in [-0.05, 0) is 58.3 Å². The van der Waals surface area contributed by atoms with Crippen LogP contribution in [0.3, 0.4) is 0 Å². The van der Waals surface area contributed by atoms with E-state index in [4.69, 9.17) is 4.74 Å². The molecule has 0 aromatic carbocycles. The second-order valence-corrected chi connectivity index (χ2v) is 6.44. The lowest BCUT2D eigenvalue weighted by Gasteiger charge is -2.40. The lowest BCUT2D eigenvalue weighted by Crippen LogP contribution is -2.46. The number of piperidine rings is 1. The molecule has 1 N–H and O–H groups in total. The molecular formula is C16H29NO3. The summed E-state index contributed by atoms with van der Waals surface area (Å²) in [6.07, 6.45) is 6.85. The van der Waals surface area contributed by atoms with Crippen molar-refractivity contribution in [2.45, 2.75) is 77.0 Å². The van der Waals surface area contributed by atoms with Crippen LogP contribution in [0.2, 0.25) is 0 Å². The Morgan fingerprint density at radius 1 is 1.40 bits per heavy atom. The fraction of sp³-hybridized carbons (Fsp3) is 0.938. The Hall–Kier alpha value is -0.610. The summed E-state index contributed by atoms with van der Waals surface area (Å²) < 4.78 is 5.55. The normalized spacial score (nSPS) is 31.8. The number of nitrogens with zero attached hydrogens (tertiary/aromatic N) is 1. The number of aliphatic hydroxyl groups excluding tert-OH is 1. The molecule has 4 nitrogen and oxygen atoms in total. The van der Waals surface area contributed by atoms with Crippen LogP contribution in [0.5, 0.6) is 0 Å². The van der Waals surface area contributed by atoms with Gasteiger partial charge in [0.15, 0.2) is 0 Å². The molecule has 1 heterocycles.